The molecule has 1 aromatic carbocycles. The lowest BCUT2D eigenvalue weighted by molar-refractivity contribution is 0.360. The van der Waals surface area contributed by atoms with E-state index in [0.29, 0.717) is 6.61 Å². The summed E-state index contributed by atoms with van der Waals surface area (Å²) < 4.78 is 7.72. The van der Waals surface area contributed by atoms with Crippen LogP contribution in [-0.4, -0.2) is 33.1 Å². The molecule has 2 N–H and O–H groups in total. The van der Waals surface area contributed by atoms with Crippen molar-refractivity contribution in [1.29, 1.82) is 0 Å². The summed E-state index contributed by atoms with van der Waals surface area (Å²) in [7, 11) is 0. The Hall–Kier alpha value is -1.24. The molecular weight excluding hydrogens is 486 g/mol. The van der Waals surface area contributed by atoms with E-state index in [1.54, 1.807) is 12.3 Å². The molecule has 0 atom stereocenters. The lowest BCUT2D eigenvalue weighted by Crippen LogP contribution is -2.03. The Kier molecular flexibility index (Phi) is 5.28. The average Bonchev–Trinajstić information content (AvgIpc) is 2.80. The number of hydrogen-bond donors (Lipinski definition) is 1. The monoisotopic (exact) mass is 496 g/mol. The topological polar surface area (TPSA) is 91.2 Å². The number of nitrogens with two attached hydrogens (primary N) is 1. The molecule has 20 heavy (non-hydrogen) atoms. The smallest absolute Gasteiger partial charge is 0.263 e. The summed E-state index contributed by atoms with van der Waals surface area (Å²) in [4.78, 5) is 1.14. The number of halogens is 2. The third kappa shape index (κ3) is 3.65. The van der Waals surface area contributed by atoms with Crippen LogP contribution in [0.3, 0.4) is 0 Å². The van der Waals surface area contributed by atoms with Crippen molar-refractivity contribution in [2.45, 2.75) is 0 Å². The van der Waals surface area contributed by atoms with E-state index >= 15 is 0 Å². The number of aromatic nitrogens is 4. The number of hydrogen-bond acceptors (Lipinski definition) is 6. The fourth-order valence-electron chi connectivity index (χ4n) is 1.36. The van der Waals surface area contributed by atoms with Crippen molar-refractivity contribution >= 4 is 57.3 Å². The van der Waals surface area contributed by atoms with Gasteiger partial charge in [0.25, 0.3) is 5.95 Å². The molecule has 0 aliphatic carbocycles. The minimum Gasteiger partial charge on any atom is -0.488 e. The fourth-order valence-corrected chi connectivity index (χ4v) is 3.40. The third-order valence-electron chi connectivity index (χ3n) is 2.17. The number of rotatable bonds is 5. The second-order valence-electron chi connectivity index (χ2n) is 3.58. The van der Waals surface area contributed by atoms with Crippen LogP contribution in [0.15, 0.2) is 29.9 Å². The van der Waals surface area contributed by atoms with E-state index in [4.69, 9.17) is 10.5 Å². The first-order valence-corrected chi connectivity index (χ1v) is 7.58. The number of nitrogen functional groups attached to an aromatic ring is 1. The van der Waals surface area contributed by atoms with Gasteiger partial charge in [-0.3, -0.25) is 0 Å². The van der Waals surface area contributed by atoms with Crippen LogP contribution in [0, 0.1) is 7.14 Å². The Morgan fingerprint density at radius 3 is 2.90 bits per heavy atom. The Morgan fingerprint density at radius 1 is 1.45 bits per heavy atom. The van der Waals surface area contributed by atoms with Crippen LogP contribution in [0.5, 0.6) is 5.75 Å². The number of nitrogens with zero attached hydrogens (tertiary/aromatic N) is 5. The van der Waals surface area contributed by atoms with Gasteiger partial charge in [0.1, 0.15) is 12.4 Å². The van der Waals surface area contributed by atoms with Crippen molar-refractivity contribution < 1.29 is 4.74 Å². The zero-order valence-corrected chi connectivity index (χ0v) is 14.5. The van der Waals surface area contributed by atoms with Crippen LogP contribution in [0.25, 0.3) is 0 Å². The maximum Gasteiger partial charge on any atom is 0.263 e. The van der Waals surface area contributed by atoms with E-state index < -0.39 is 0 Å². The Balaban J connectivity index is 2.36. The number of anilines is 1. The van der Waals surface area contributed by atoms with Crippen LogP contribution in [0.2, 0.25) is 0 Å². The van der Waals surface area contributed by atoms with Crippen molar-refractivity contribution in [3.8, 4) is 5.75 Å². The molecule has 0 aliphatic heterocycles. The van der Waals surface area contributed by atoms with Gasteiger partial charge in [-0.05, 0) is 67.7 Å². The molecule has 2 aromatic rings. The van der Waals surface area contributed by atoms with E-state index in [1.807, 2.05) is 12.1 Å². The van der Waals surface area contributed by atoms with Gasteiger partial charge in [-0.2, -0.15) is 5.10 Å². The van der Waals surface area contributed by atoms with Gasteiger partial charge in [0, 0.05) is 9.13 Å². The van der Waals surface area contributed by atoms with Gasteiger partial charge in [0.05, 0.1) is 9.78 Å². The lowest BCUT2D eigenvalue weighted by Gasteiger charge is -2.10. The van der Waals surface area contributed by atoms with E-state index in [-0.39, 0.29) is 5.95 Å². The molecule has 0 aliphatic rings. The first-order valence-electron chi connectivity index (χ1n) is 5.42. The molecular formula is C11H10I2N6O. The van der Waals surface area contributed by atoms with Gasteiger partial charge < -0.3 is 10.5 Å². The van der Waals surface area contributed by atoms with Crippen molar-refractivity contribution in [3.63, 3.8) is 0 Å². The van der Waals surface area contributed by atoms with Crippen LogP contribution in [0.4, 0.5) is 5.95 Å². The molecule has 0 spiro atoms. The molecule has 0 bridgehead atoms. The molecule has 0 amide bonds. The minimum atomic E-state index is 0.120. The summed E-state index contributed by atoms with van der Waals surface area (Å²) in [5.74, 6) is 0.858. The molecule has 104 valence electrons. The second kappa shape index (κ2) is 6.97. The van der Waals surface area contributed by atoms with E-state index in [0.717, 1.165) is 23.2 Å². The maximum absolute atomic E-state index is 5.66. The van der Waals surface area contributed by atoms with Gasteiger partial charge in [-0.15, -0.1) is 0 Å². The summed E-state index contributed by atoms with van der Waals surface area (Å²) in [5, 5.41) is 14.7. The quantitative estimate of drug-likeness (QED) is 0.388. The zero-order chi connectivity index (χ0) is 14.5. The number of tetrazole rings is 1. The highest BCUT2D eigenvalue weighted by atomic mass is 127. The van der Waals surface area contributed by atoms with E-state index in [1.165, 1.54) is 0 Å². The molecule has 0 radical (unpaired) electrons. The SMILES string of the molecule is C=CCOc1c(I)cc(I)cc1/C=N/n1nnnc1N. The zero-order valence-electron chi connectivity index (χ0n) is 10.2. The van der Waals surface area contributed by atoms with Crippen LogP contribution < -0.4 is 10.5 Å². The summed E-state index contributed by atoms with van der Waals surface area (Å²) in [6.45, 7) is 4.06. The number of ether oxygens (including phenoxy) is 1. The highest BCUT2D eigenvalue weighted by Gasteiger charge is 2.09. The summed E-state index contributed by atoms with van der Waals surface area (Å²) in [6, 6.07) is 3.97. The van der Waals surface area contributed by atoms with Crippen molar-refractivity contribution in [2.24, 2.45) is 5.10 Å². The standard InChI is InChI=1S/C11H10I2N6O/c1-2-3-20-10-7(4-8(12)5-9(10)13)6-15-19-11(14)16-17-18-19/h2,4-6H,1,3H2,(H2,14,16,18)/b15-6+. The Bertz CT molecular complexity index is 654. The fraction of sp³-hybridized carbons (Fsp3) is 0.0909. The summed E-state index contributed by atoms with van der Waals surface area (Å²) >= 11 is 4.44. The van der Waals surface area contributed by atoms with Crippen LogP contribution in [0.1, 0.15) is 5.56 Å². The van der Waals surface area contributed by atoms with Crippen molar-refractivity contribution in [3.05, 3.63) is 37.5 Å². The van der Waals surface area contributed by atoms with Crippen LogP contribution in [-0.2, 0) is 0 Å². The molecule has 2 rings (SSSR count). The molecule has 0 fully saturated rings. The average molecular weight is 496 g/mol. The van der Waals surface area contributed by atoms with Crippen molar-refractivity contribution in [2.75, 3.05) is 12.3 Å². The predicted octanol–water partition coefficient (Wildman–Crippen LogP) is 1.91. The van der Waals surface area contributed by atoms with Crippen molar-refractivity contribution in [1.82, 2.24) is 20.3 Å². The van der Waals surface area contributed by atoms with Gasteiger partial charge >= 0.3 is 0 Å². The molecule has 7 nitrogen and oxygen atoms in total. The van der Waals surface area contributed by atoms with Gasteiger partial charge in [-0.25, -0.2) is 0 Å². The summed E-state index contributed by atoms with van der Waals surface area (Å²) in [5.41, 5.74) is 6.37. The molecule has 1 heterocycles. The lowest BCUT2D eigenvalue weighted by atomic mass is 10.2. The molecule has 0 saturated heterocycles. The normalized spacial score (nSPS) is 10.9. The highest BCUT2D eigenvalue weighted by molar-refractivity contribution is 14.1. The van der Waals surface area contributed by atoms with E-state index in [2.05, 4.69) is 72.4 Å². The molecule has 0 saturated carbocycles. The second-order valence-corrected chi connectivity index (χ2v) is 5.98. The molecule has 1 aromatic heterocycles. The first-order chi connectivity index (χ1) is 9.61. The first kappa shape index (κ1) is 15.2. The Labute approximate surface area is 142 Å². The van der Waals surface area contributed by atoms with Gasteiger partial charge in [0.15, 0.2) is 0 Å². The van der Waals surface area contributed by atoms with Gasteiger partial charge in [0.2, 0.25) is 0 Å². The number of benzene rings is 1. The minimum absolute atomic E-state index is 0.120. The predicted molar refractivity (Wildman–Crippen MR) is 92.8 cm³/mol. The summed E-state index contributed by atoms with van der Waals surface area (Å²) in [6.07, 6.45) is 3.30. The molecule has 0 unspecified atom stereocenters. The van der Waals surface area contributed by atoms with Gasteiger partial charge in [-0.1, -0.05) is 22.5 Å². The largest absolute Gasteiger partial charge is 0.488 e. The molecule has 9 heteroatoms. The Morgan fingerprint density at radius 2 is 2.25 bits per heavy atom. The maximum atomic E-state index is 5.66. The highest BCUT2D eigenvalue weighted by Crippen LogP contribution is 2.27. The third-order valence-corrected chi connectivity index (χ3v) is 3.59. The van der Waals surface area contributed by atoms with E-state index in [9.17, 15) is 0 Å². The van der Waals surface area contributed by atoms with Crippen LogP contribution >= 0.6 is 45.2 Å².